The fourth-order valence-corrected chi connectivity index (χ4v) is 4.02. The summed E-state index contributed by atoms with van der Waals surface area (Å²) in [5, 5.41) is 1.06. The topological polar surface area (TPSA) is 116 Å². The van der Waals surface area contributed by atoms with Crippen molar-refractivity contribution in [2.75, 3.05) is 24.1 Å². The quantitative estimate of drug-likeness (QED) is 0.750. The number of anilines is 2. The van der Waals surface area contributed by atoms with E-state index in [1.54, 1.807) is 0 Å². The van der Waals surface area contributed by atoms with E-state index in [9.17, 15) is 22.8 Å². The molecule has 0 bridgehead atoms. The van der Waals surface area contributed by atoms with E-state index >= 15 is 0 Å². The maximum atomic E-state index is 12.6. The molecule has 1 aromatic rings. The van der Waals surface area contributed by atoms with Gasteiger partial charge < -0.3 is 5.32 Å². The van der Waals surface area contributed by atoms with Crippen LogP contribution in [0.3, 0.4) is 0 Å². The number of imide groups is 1. The molecular weight excluding hydrogens is 348 g/mol. The van der Waals surface area contributed by atoms with Crippen LogP contribution in [-0.2, 0) is 19.6 Å². The minimum atomic E-state index is -4.12. The molecule has 134 valence electrons. The van der Waals surface area contributed by atoms with Crippen molar-refractivity contribution in [1.82, 2.24) is 4.90 Å². The average molecular weight is 367 g/mol. The molecule has 1 heterocycles. The van der Waals surface area contributed by atoms with Gasteiger partial charge in [0.05, 0.1) is 14.1 Å². The molecule has 0 saturated carbocycles. The summed E-state index contributed by atoms with van der Waals surface area (Å²) in [5.41, 5.74) is 0.865. The molecular formula is C15H19N4O5S+. The summed E-state index contributed by atoms with van der Waals surface area (Å²) >= 11 is 0. The Balaban J connectivity index is 2.31. The van der Waals surface area contributed by atoms with E-state index in [0.717, 1.165) is 9.48 Å². The van der Waals surface area contributed by atoms with Gasteiger partial charge in [-0.15, -0.1) is 0 Å². The second-order valence-electron chi connectivity index (χ2n) is 5.67. The van der Waals surface area contributed by atoms with E-state index in [0.29, 0.717) is 5.69 Å². The minimum absolute atomic E-state index is 0.121. The number of rotatable bonds is 4. The standard InChI is InChI=1S/C15H18N4O5S/c1-9-13(14(21)19(4)15(22)18(9)3)25(23,24)17-12-7-5-11(6-8-12)16-10(2)20/h5-8,13,17H,1-4H3/p+1. The number of amides is 4. The largest absolute Gasteiger partial charge is 0.500 e. The normalized spacial score (nSPS) is 18.4. The van der Waals surface area contributed by atoms with Gasteiger partial charge in [0.15, 0.2) is 0 Å². The van der Waals surface area contributed by atoms with Crippen molar-refractivity contribution in [2.45, 2.75) is 19.1 Å². The van der Waals surface area contributed by atoms with E-state index in [4.69, 9.17) is 0 Å². The first-order chi connectivity index (χ1) is 11.5. The maximum Gasteiger partial charge on any atom is 0.500 e. The zero-order valence-corrected chi connectivity index (χ0v) is 15.0. The number of benzene rings is 1. The lowest BCUT2D eigenvalue weighted by atomic mass is 10.2. The molecule has 1 aromatic carbocycles. The Bertz CT molecular complexity index is 874. The summed E-state index contributed by atoms with van der Waals surface area (Å²) in [6.07, 6.45) is 0. The summed E-state index contributed by atoms with van der Waals surface area (Å²) in [5.74, 6) is -1.06. The van der Waals surface area contributed by atoms with Crippen LogP contribution < -0.4 is 10.0 Å². The third-order valence-electron chi connectivity index (χ3n) is 3.81. The monoisotopic (exact) mass is 367 g/mol. The van der Waals surface area contributed by atoms with E-state index in [1.165, 1.54) is 52.2 Å². The molecule has 9 nitrogen and oxygen atoms in total. The van der Waals surface area contributed by atoms with Gasteiger partial charge in [-0.3, -0.25) is 9.52 Å². The average Bonchev–Trinajstić information content (AvgIpc) is 2.52. The molecule has 2 N–H and O–H groups in total. The van der Waals surface area contributed by atoms with Gasteiger partial charge in [0, 0.05) is 18.3 Å². The van der Waals surface area contributed by atoms with Gasteiger partial charge in [-0.1, -0.05) is 0 Å². The third-order valence-corrected chi connectivity index (χ3v) is 5.50. The van der Waals surface area contributed by atoms with Gasteiger partial charge in [-0.2, -0.15) is 14.3 Å². The van der Waals surface area contributed by atoms with Crippen LogP contribution in [0.2, 0.25) is 0 Å². The predicted octanol–water partition coefficient (Wildman–Crippen LogP) is 0.450. The van der Waals surface area contributed by atoms with Gasteiger partial charge in [-0.05, 0) is 31.2 Å². The number of hydrogen-bond acceptors (Lipinski definition) is 5. The minimum Gasteiger partial charge on any atom is -0.326 e. The molecule has 4 amide bonds. The molecule has 1 aliphatic heterocycles. The lowest BCUT2D eigenvalue weighted by Gasteiger charge is -2.23. The molecule has 10 heteroatoms. The Morgan fingerprint density at radius 2 is 1.68 bits per heavy atom. The van der Waals surface area contributed by atoms with Crippen molar-refractivity contribution < 1.29 is 27.4 Å². The zero-order valence-electron chi connectivity index (χ0n) is 14.2. The summed E-state index contributed by atoms with van der Waals surface area (Å²) in [6, 6.07) is 5.39. The molecule has 0 fully saturated rings. The summed E-state index contributed by atoms with van der Waals surface area (Å²) < 4.78 is 28.8. The zero-order chi connectivity index (χ0) is 18.9. The van der Waals surface area contributed by atoms with Gasteiger partial charge in [0.1, 0.15) is 5.71 Å². The van der Waals surface area contributed by atoms with Gasteiger partial charge in [-0.25, -0.2) is 13.2 Å². The first-order valence-electron chi connectivity index (χ1n) is 7.32. The number of carbonyl (C=O) groups is 3. The second-order valence-corrected chi connectivity index (χ2v) is 7.43. The first kappa shape index (κ1) is 18.6. The molecule has 25 heavy (non-hydrogen) atoms. The highest BCUT2D eigenvalue weighted by Crippen LogP contribution is 2.19. The Morgan fingerprint density at radius 3 is 2.20 bits per heavy atom. The van der Waals surface area contributed by atoms with Crippen molar-refractivity contribution in [1.29, 1.82) is 0 Å². The summed E-state index contributed by atoms with van der Waals surface area (Å²) in [6.45, 7) is 2.78. The highest BCUT2D eigenvalue weighted by molar-refractivity contribution is 7.94. The van der Waals surface area contributed by atoms with Crippen LogP contribution >= 0.6 is 0 Å². The Kier molecular flexibility index (Phi) is 4.93. The van der Waals surface area contributed by atoms with Crippen molar-refractivity contribution >= 4 is 45.0 Å². The molecule has 1 unspecified atom stereocenters. The molecule has 0 saturated heterocycles. The number of nitrogens with zero attached hydrogens (tertiary/aromatic N) is 2. The van der Waals surface area contributed by atoms with Crippen molar-refractivity contribution in [3.05, 3.63) is 24.3 Å². The van der Waals surface area contributed by atoms with Crippen molar-refractivity contribution in [3.8, 4) is 0 Å². The van der Waals surface area contributed by atoms with E-state index in [1.807, 2.05) is 0 Å². The molecule has 1 atom stereocenters. The van der Waals surface area contributed by atoms with E-state index in [2.05, 4.69) is 10.0 Å². The van der Waals surface area contributed by atoms with Crippen molar-refractivity contribution in [2.24, 2.45) is 0 Å². The summed E-state index contributed by atoms with van der Waals surface area (Å²) in [4.78, 5) is 35.9. The van der Waals surface area contributed by atoms with Crippen LogP contribution in [-0.4, -0.2) is 60.8 Å². The van der Waals surface area contributed by atoms with Gasteiger partial charge in [0.25, 0.3) is 10.0 Å². The fourth-order valence-electron chi connectivity index (χ4n) is 2.41. The van der Waals surface area contributed by atoms with E-state index in [-0.39, 0.29) is 17.3 Å². The molecule has 1 aliphatic rings. The fraction of sp³-hybridized carbons (Fsp3) is 0.333. The Labute approximate surface area is 145 Å². The number of urea groups is 1. The van der Waals surface area contributed by atoms with Crippen LogP contribution in [0.5, 0.6) is 0 Å². The highest BCUT2D eigenvalue weighted by Gasteiger charge is 2.50. The van der Waals surface area contributed by atoms with Crippen LogP contribution in [0.25, 0.3) is 0 Å². The lowest BCUT2D eigenvalue weighted by Crippen LogP contribution is -2.57. The third kappa shape index (κ3) is 3.68. The smallest absolute Gasteiger partial charge is 0.326 e. The van der Waals surface area contributed by atoms with E-state index < -0.39 is 27.2 Å². The Hall–Kier alpha value is -2.75. The molecule has 0 aromatic heterocycles. The van der Waals surface area contributed by atoms with Crippen LogP contribution in [0.15, 0.2) is 24.3 Å². The van der Waals surface area contributed by atoms with Crippen molar-refractivity contribution in [3.63, 3.8) is 0 Å². The lowest BCUT2D eigenvalue weighted by molar-refractivity contribution is -0.405. The number of carbonyl (C=O) groups excluding carboxylic acids is 3. The molecule has 0 aliphatic carbocycles. The number of hydrogen-bond donors (Lipinski definition) is 2. The molecule has 0 radical (unpaired) electrons. The predicted molar refractivity (Wildman–Crippen MR) is 92.1 cm³/mol. The Morgan fingerprint density at radius 1 is 1.16 bits per heavy atom. The number of sulfonamides is 1. The summed E-state index contributed by atoms with van der Waals surface area (Å²) in [7, 11) is -1.48. The van der Waals surface area contributed by atoms with Crippen LogP contribution in [0.4, 0.5) is 16.2 Å². The van der Waals surface area contributed by atoms with Crippen LogP contribution in [0, 0.1) is 0 Å². The first-order valence-corrected chi connectivity index (χ1v) is 8.87. The molecule has 2 rings (SSSR count). The SMILES string of the molecule is CC(=O)Nc1ccc(NS(=O)(=O)C2C(=O)N(C)C(=O)[N+](C)=C2C)cc1. The highest BCUT2D eigenvalue weighted by atomic mass is 32.2. The molecule has 0 spiro atoms. The number of nitrogens with one attached hydrogen (secondary N) is 2. The second kappa shape index (κ2) is 6.63. The van der Waals surface area contributed by atoms with Gasteiger partial charge >= 0.3 is 11.9 Å². The van der Waals surface area contributed by atoms with Gasteiger partial charge in [0.2, 0.25) is 11.2 Å². The van der Waals surface area contributed by atoms with Crippen LogP contribution in [0.1, 0.15) is 13.8 Å². The maximum absolute atomic E-state index is 12.6.